The molecule has 3 rings (SSSR count). The van der Waals surface area contributed by atoms with Crippen LogP contribution >= 0.6 is 11.8 Å². The van der Waals surface area contributed by atoms with Crippen molar-refractivity contribution in [1.29, 1.82) is 0 Å². The first-order valence-corrected chi connectivity index (χ1v) is 7.31. The molecule has 0 bridgehead atoms. The first-order chi connectivity index (χ1) is 7.95. The Balaban J connectivity index is 1.86. The third-order valence-corrected chi connectivity index (χ3v) is 4.45. The number of rotatable bonds is 1. The normalized spacial score (nSPS) is 22.8. The second-order valence-corrected chi connectivity index (χ2v) is 5.74. The molecular formula is C11H18N4S. The fourth-order valence-corrected chi connectivity index (χ4v) is 3.42. The van der Waals surface area contributed by atoms with Crippen molar-refractivity contribution in [2.45, 2.75) is 31.7 Å². The minimum Gasteiger partial charge on any atom is -0.317 e. The Kier molecular flexibility index (Phi) is 3.15. The van der Waals surface area contributed by atoms with Crippen molar-refractivity contribution in [3.8, 4) is 0 Å². The molecule has 2 aliphatic heterocycles. The van der Waals surface area contributed by atoms with Crippen LogP contribution < -0.4 is 5.32 Å². The van der Waals surface area contributed by atoms with Gasteiger partial charge in [-0.1, -0.05) is 0 Å². The molecule has 5 heteroatoms. The van der Waals surface area contributed by atoms with E-state index in [0.29, 0.717) is 5.92 Å². The van der Waals surface area contributed by atoms with Gasteiger partial charge in [-0.2, -0.15) is 11.8 Å². The predicted molar refractivity (Wildman–Crippen MR) is 65.9 cm³/mol. The maximum atomic E-state index is 4.44. The minimum absolute atomic E-state index is 0.630. The van der Waals surface area contributed by atoms with Gasteiger partial charge in [0.05, 0.1) is 0 Å². The van der Waals surface area contributed by atoms with Gasteiger partial charge >= 0.3 is 0 Å². The van der Waals surface area contributed by atoms with Gasteiger partial charge in [-0.3, -0.25) is 0 Å². The molecule has 3 heterocycles. The SMILES string of the molecule is C1CC(c2nnc3n2CCSCC3)CCN1. The van der Waals surface area contributed by atoms with Gasteiger partial charge in [-0.15, -0.1) is 10.2 Å². The zero-order chi connectivity index (χ0) is 10.8. The van der Waals surface area contributed by atoms with Crippen LogP contribution in [0.25, 0.3) is 0 Å². The molecule has 0 radical (unpaired) electrons. The van der Waals surface area contributed by atoms with Crippen LogP contribution in [-0.4, -0.2) is 39.4 Å². The highest BCUT2D eigenvalue weighted by atomic mass is 32.2. The Morgan fingerprint density at radius 1 is 1.19 bits per heavy atom. The number of thioether (sulfide) groups is 1. The number of hydrogen-bond acceptors (Lipinski definition) is 4. The molecule has 4 nitrogen and oxygen atoms in total. The second-order valence-electron chi connectivity index (χ2n) is 4.51. The lowest BCUT2D eigenvalue weighted by Crippen LogP contribution is -2.28. The average Bonchev–Trinajstić information content (AvgIpc) is 2.60. The van der Waals surface area contributed by atoms with E-state index in [4.69, 9.17) is 0 Å². The molecule has 1 aromatic rings. The molecule has 2 aliphatic rings. The van der Waals surface area contributed by atoms with Crippen LogP contribution in [0.1, 0.15) is 30.4 Å². The van der Waals surface area contributed by atoms with Gasteiger partial charge < -0.3 is 9.88 Å². The first-order valence-electron chi connectivity index (χ1n) is 6.15. The lowest BCUT2D eigenvalue weighted by molar-refractivity contribution is 0.431. The van der Waals surface area contributed by atoms with Crippen molar-refractivity contribution in [1.82, 2.24) is 20.1 Å². The number of hydrogen-bond donors (Lipinski definition) is 1. The van der Waals surface area contributed by atoms with Gasteiger partial charge in [-0.05, 0) is 25.9 Å². The van der Waals surface area contributed by atoms with Crippen LogP contribution in [0.2, 0.25) is 0 Å². The van der Waals surface area contributed by atoms with Gasteiger partial charge in [0.25, 0.3) is 0 Å². The van der Waals surface area contributed by atoms with Crippen molar-refractivity contribution in [3.05, 3.63) is 11.6 Å². The van der Waals surface area contributed by atoms with Gasteiger partial charge in [-0.25, -0.2) is 0 Å². The van der Waals surface area contributed by atoms with Gasteiger partial charge in [0.2, 0.25) is 0 Å². The van der Waals surface area contributed by atoms with Crippen molar-refractivity contribution in [2.75, 3.05) is 24.6 Å². The maximum absolute atomic E-state index is 4.44. The predicted octanol–water partition coefficient (Wildman–Crippen LogP) is 1.03. The van der Waals surface area contributed by atoms with Crippen LogP contribution in [0, 0.1) is 0 Å². The molecule has 0 aliphatic carbocycles. The van der Waals surface area contributed by atoms with E-state index in [2.05, 4.69) is 20.1 Å². The lowest BCUT2D eigenvalue weighted by Gasteiger charge is -2.22. The van der Waals surface area contributed by atoms with Crippen LogP contribution in [-0.2, 0) is 13.0 Å². The van der Waals surface area contributed by atoms with E-state index in [1.165, 1.54) is 36.0 Å². The van der Waals surface area contributed by atoms with E-state index in [1.807, 2.05) is 11.8 Å². The summed E-state index contributed by atoms with van der Waals surface area (Å²) in [5.74, 6) is 5.50. The molecule has 0 atom stereocenters. The van der Waals surface area contributed by atoms with E-state index >= 15 is 0 Å². The summed E-state index contributed by atoms with van der Waals surface area (Å²) >= 11 is 2.03. The minimum atomic E-state index is 0.630. The quantitative estimate of drug-likeness (QED) is 0.794. The molecule has 0 amide bonds. The van der Waals surface area contributed by atoms with E-state index in [-0.39, 0.29) is 0 Å². The summed E-state index contributed by atoms with van der Waals surface area (Å²) < 4.78 is 2.38. The van der Waals surface area contributed by atoms with Crippen LogP contribution in [0.3, 0.4) is 0 Å². The smallest absolute Gasteiger partial charge is 0.136 e. The molecule has 88 valence electrons. The Labute approximate surface area is 100 Å². The molecule has 0 saturated carbocycles. The third kappa shape index (κ3) is 1.98. The van der Waals surface area contributed by atoms with E-state index in [0.717, 1.165) is 26.1 Å². The summed E-state index contributed by atoms with van der Waals surface area (Å²) in [5, 5.41) is 12.2. The summed E-state index contributed by atoms with van der Waals surface area (Å²) in [5.41, 5.74) is 0. The number of aromatic nitrogens is 3. The molecule has 1 saturated heterocycles. The van der Waals surface area contributed by atoms with Crippen LogP contribution in [0.15, 0.2) is 0 Å². The highest BCUT2D eigenvalue weighted by Gasteiger charge is 2.23. The van der Waals surface area contributed by atoms with Crippen molar-refractivity contribution in [3.63, 3.8) is 0 Å². The summed E-state index contributed by atoms with van der Waals surface area (Å²) in [7, 11) is 0. The number of nitrogens with one attached hydrogen (secondary N) is 1. The maximum Gasteiger partial charge on any atom is 0.136 e. The van der Waals surface area contributed by atoms with Crippen molar-refractivity contribution in [2.24, 2.45) is 0 Å². The Hall–Kier alpha value is -0.550. The largest absolute Gasteiger partial charge is 0.317 e. The molecule has 1 aromatic heterocycles. The number of aryl methyl sites for hydroxylation is 1. The fourth-order valence-electron chi connectivity index (χ4n) is 2.58. The summed E-state index contributed by atoms with van der Waals surface area (Å²) in [6.45, 7) is 3.36. The highest BCUT2D eigenvalue weighted by molar-refractivity contribution is 7.99. The zero-order valence-corrected chi connectivity index (χ0v) is 10.3. The van der Waals surface area contributed by atoms with E-state index in [1.54, 1.807) is 0 Å². The van der Waals surface area contributed by atoms with E-state index < -0.39 is 0 Å². The molecule has 0 aromatic carbocycles. The van der Waals surface area contributed by atoms with Crippen molar-refractivity contribution < 1.29 is 0 Å². The third-order valence-electron chi connectivity index (χ3n) is 3.49. The Morgan fingerprint density at radius 3 is 2.94 bits per heavy atom. The molecular weight excluding hydrogens is 220 g/mol. The number of piperidine rings is 1. The molecule has 16 heavy (non-hydrogen) atoms. The van der Waals surface area contributed by atoms with Gasteiger partial charge in [0.15, 0.2) is 0 Å². The molecule has 1 N–H and O–H groups in total. The van der Waals surface area contributed by atoms with Gasteiger partial charge in [0.1, 0.15) is 11.6 Å². The standard InChI is InChI=1S/C11H18N4S/c1-4-12-5-2-9(1)11-14-13-10-3-7-16-8-6-15(10)11/h9,12H,1-8H2. The summed E-state index contributed by atoms with van der Waals surface area (Å²) in [6.07, 6.45) is 3.51. The molecule has 1 fully saturated rings. The Morgan fingerprint density at radius 2 is 2.06 bits per heavy atom. The number of nitrogens with zero attached hydrogens (tertiary/aromatic N) is 3. The van der Waals surface area contributed by atoms with Gasteiger partial charge in [0, 0.05) is 30.4 Å². The zero-order valence-electron chi connectivity index (χ0n) is 9.48. The topological polar surface area (TPSA) is 42.7 Å². The monoisotopic (exact) mass is 238 g/mol. The second kappa shape index (κ2) is 4.75. The fraction of sp³-hybridized carbons (Fsp3) is 0.818. The van der Waals surface area contributed by atoms with Crippen LogP contribution in [0.5, 0.6) is 0 Å². The molecule has 0 unspecified atom stereocenters. The van der Waals surface area contributed by atoms with E-state index in [9.17, 15) is 0 Å². The van der Waals surface area contributed by atoms with Crippen LogP contribution in [0.4, 0.5) is 0 Å². The summed E-state index contributed by atoms with van der Waals surface area (Å²) in [4.78, 5) is 0. The summed E-state index contributed by atoms with van der Waals surface area (Å²) in [6, 6.07) is 0. The Bertz CT molecular complexity index is 357. The number of fused-ring (bicyclic) bond motifs is 1. The average molecular weight is 238 g/mol. The molecule has 0 spiro atoms. The van der Waals surface area contributed by atoms with Crippen molar-refractivity contribution >= 4 is 11.8 Å². The lowest BCUT2D eigenvalue weighted by atomic mass is 9.97. The highest BCUT2D eigenvalue weighted by Crippen LogP contribution is 2.26. The first kappa shape index (κ1) is 10.6.